The van der Waals surface area contributed by atoms with Crippen molar-refractivity contribution < 1.29 is 14.5 Å². The van der Waals surface area contributed by atoms with Crippen LogP contribution in [0.4, 0.5) is 11.4 Å². The van der Waals surface area contributed by atoms with Crippen molar-refractivity contribution in [2.24, 2.45) is 70.9 Å². The Morgan fingerprint density at radius 2 is 1.28 bits per heavy atom. The van der Waals surface area contributed by atoms with E-state index in [1.165, 1.54) is 6.07 Å². The zero-order valence-electron chi connectivity index (χ0n) is 26.0. The predicted molar refractivity (Wildman–Crippen MR) is 181 cm³/mol. The number of non-ortho nitro benzene ring substituents is 1. The molecule has 1 heterocycles. The number of rotatable bonds is 10. The van der Waals surface area contributed by atoms with Gasteiger partial charge in [0.25, 0.3) is 17.5 Å². The van der Waals surface area contributed by atoms with Crippen molar-refractivity contribution >= 4 is 58.2 Å². The lowest BCUT2D eigenvalue weighted by atomic mass is 9.93. The zero-order chi connectivity index (χ0) is 34.8. The summed E-state index contributed by atoms with van der Waals surface area (Å²) >= 11 is 0. The third kappa shape index (κ3) is 10.1. The molecule has 1 unspecified atom stereocenters. The molecule has 0 bridgehead atoms. The molecule has 1 aliphatic heterocycles. The molecule has 0 spiro atoms. The Morgan fingerprint density at radius 1 is 0.766 bits per heavy atom. The van der Waals surface area contributed by atoms with Crippen molar-refractivity contribution in [1.29, 1.82) is 0 Å². The maximum absolute atomic E-state index is 13.6. The Bertz CT molecular complexity index is 1680. The van der Waals surface area contributed by atoms with Crippen LogP contribution in [0, 0.1) is 16.0 Å². The van der Waals surface area contributed by atoms with Crippen LogP contribution >= 0.6 is 0 Å². The number of piperidine rings is 1. The number of benzene rings is 2. The number of nitrogens with zero attached hydrogens (tertiary/aromatic N) is 8. The average molecular weight is 648 g/mol. The molecule has 19 heteroatoms. The fraction of sp³-hybridized carbons (Fsp3) is 0.286. The van der Waals surface area contributed by atoms with Crippen molar-refractivity contribution in [3.05, 3.63) is 68.8 Å². The molecule has 0 radical (unpaired) electrons. The Balaban J connectivity index is 1.99. The third-order valence-corrected chi connectivity index (χ3v) is 6.92. The van der Waals surface area contributed by atoms with Crippen molar-refractivity contribution in [2.75, 3.05) is 18.4 Å². The minimum absolute atomic E-state index is 0.0290. The van der Waals surface area contributed by atoms with E-state index >= 15 is 0 Å². The largest absolute Gasteiger partial charge is 0.369 e. The number of nitro benzene ring substituents is 1. The second-order valence-electron chi connectivity index (χ2n) is 10.6. The van der Waals surface area contributed by atoms with Gasteiger partial charge in [-0.2, -0.15) is 15.3 Å². The van der Waals surface area contributed by atoms with Gasteiger partial charge in [0, 0.05) is 64.8 Å². The number of nitro groups is 1. The van der Waals surface area contributed by atoms with Gasteiger partial charge < -0.3 is 44.6 Å². The second-order valence-corrected chi connectivity index (χ2v) is 10.6. The van der Waals surface area contributed by atoms with E-state index in [9.17, 15) is 19.7 Å². The van der Waals surface area contributed by atoms with Gasteiger partial charge in [0.05, 0.1) is 16.3 Å². The highest BCUT2D eigenvalue weighted by molar-refractivity contribution is 6.10. The van der Waals surface area contributed by atoms with E-state index in [4.69, 9.17) is 34.4 Å². The van der Waals surface area contributed by atoms with E-state index in [1.807, 2.05) is 0 Å². The lowest BCUT2D eigenvalue weighted by molar-refractivity contribution is -0.384. The van der Waals surface area contributed by atoms with E-state index < -0.39 is 22.4 Å². The van der Waals surface area contributed by atoms with Crippen LogP contribution in [-0.2, 0) is 0 Å². The van der Waals surface area contributed by atoms with E-state index in [-0.39, 0.29) is 47.2 Å². The summed E-state index contributed by atoms with van der Waals surface area (Å²) < 4.78 is 0. The van der Waals surface area contributed by atoms with Gasteiger partial charge in [-0.1, -0.05) is 0 Å². The summed E-state index contributed by atoms with van der Waals surface area (Å²) in [7, 11) is 0. The first kappa shape index (κ1) is 35.1. The fourth-order valence-corrected chi connectivity index (χ4v) is 4.58. The first-order valence-corrected chi connectivity index (χ1v) is 14.1. The van der Waals surface area contributed by atoms with Gasteiger partial charge in [-0.25, -0.2) is 0 Å². The van der Waals surface area contributed by atoms with Crippen LogP contribution in [0.1, 0.15) is 65.5 Å². The molecular formula is C28H37N15O4. The highest BCUT2D eigenvalue weighted by atomic mass is 16.6. The highest BCUT2D eigenvalue weighted by Crippen LogP contribution is 2.25. The fourth-order valence-electron chi connectivity index (χ4n) is 4.58. The molecule has 1 fully saturated rings. The maximum Gasteiger partial charge on any atom is 0.271 e. The molecule has 3 rings (SSSR count). The van der Waals surface area contributed by atoms with E-state index in [0.29, 0.717) is 41.2 Å². The van der Waals surface area contributed by atoms with Crippen LogP contribution in [0.5, 0.6) is 0 Å². The molecule has 2 amide bonds. The minimum atomic E-state index is -0.722. The molecule has 1 atom stereocenters. The third-order valence-electron chi connectivity index (χ3n) is 6.92. The molecular weight excluding hydrogens is 610 g/mol. The maximum atomic E-state index is 13.6. The number of guanidine groups is 3. The zero-order valence-corrected chi connectivity index (χ0v) is 26.0. The number of anilines is 1. The molecule has 0 aliphatic carbocycles. The van der Waals surface area contributed by atoms with Crippen molar-refractivity contribution in [2.45, 2.75) is 33.6 Å². The summed E-state index contributed by atoms with van der Waals surface area (Å²) in [4.78, 5) is 39.8. The quantitative estimate of drug-likeness (QED) is 0.0802. The number of carbonyl (C=O) groups is 2. The number of likely N-dealkylation sites (tertiary alicyclic amines) is 1. The molecule has 0 saturated carbocycles. The van der Waals surface area contributed by atoms with Crippen LogP contribution in [0.15, 0.2) is 67.0 Å². The van der Waals surface area contributed by atoms with Crippen LogP contribution in [0.2, 0.25) is 0 Å². The Hall–Kier alpha value is -6.40. The van der Waals surface area contributed by atoms with Crippen LogP contribution in [-0.4, -0.2) is 69.7 Å². The van der Waals surface area contributed by atoms with E-state index in [1.54, 1.807) is 43.9 Å². The lowest BCUT2D eigenvalue weighted by Crippen LogP contribution is -2.42. The highest BCUT2D eigenvalue weighted by Gasteiger charge is 2.28. The normalized spacial score (nSPS) is 15.3. The molecule has 248 valence electrons. The molecule has 1 saturated heterocycles. The summed E-state index contributed by atoms with van der Waals surface area (Å²) in [5.41, 5.74) is 34.4. The number of nitrogens with two attached hydrogens (primary N) is 6. The molecule has 0 aromatic heterocycles. The van der Waals surface area contributed by atoms with E-state index in [2.05, 4.69) is 35.9 Å². The van der Waals surface area contributed by atoms with Gasteiger partial charge in [-0.05, 0) is 57.9 Å². The standard InChI is InChI=1S/C28H37N15O4/c1-14(36-39-26(29)30)17-5-4-6-42(13-17)25(45)21-8-20(11-23(12-21)43(46)47)24(44)35-22-9-18(15(2)37-40-27(31)32)7-19(10-22)16(3)38-41-28(33)34/h7-12,17H,4-6,13H2,1-3H3,(H,35,44)(H4,29,30,39)(H4,31,32,40)(H4,33,34,41)/b36-14+,37-15+,38-16+. The van der Waals surface area contributed by atoms with Crippen LogP contribution in [0.25, 0.3) is 0 Å². The van der Waals surface area contributed by atoms with Gasteiger partial charge in [0.2, 0.25) is 17.9 Å². The number of carbonyl (C=O) groups excluding carboxylic acids is 2. The predicted octanol–water partition coefficient (Wildman–Crippen LogP) is 0.343. The second kappa shape index (κ2) is 15.5. The summed E-state index contributed by atoms with van der Waals surface area (Å²) in [6.45, 7) is 5.72. The number of hydrogen-bond donors (Lipinski definition) is 7. The Labute approximate surface area is 269 Å². The number of amides is 2. The first-order valence-electron chi connectivity index (χ1n) is 14.1. The van der Waals surface area contributed by atoms with Crippen LogP contribution in [0.3, 0.4) is 0 Å². The van der Waals surface area contributed by atoms with Crippen molar-refractivity contribution in [1.82, 2.24) is 4.90 Å². The summed E-state index contributed by atoms with van der Waals surface area (Å²) in [5, 5.41) is 37.5. The smallest absolute Gasteiger partial charge is 0.271 e. The Kier molecular flexibility index (Phi) is 11.6. The minimum Gasteiger partial charge on any atom is -0.369 e. The van der Waals surface area contributed by atoms with Crippen LogP contribution < -0.4 is 39.7 Å². The number of nitrogens with one attached hydrogen (secondary N) is 1. The van der Waals surface area contributed by atoms with Gasteiger partial charge in [0.15, 0.2) is 0 Å². The topological polar surface area (TPSA) is 323 Å². The molecule has 19 nitrogen and oxygen atoms in total. The van der Waals surface area contributed by atoms with Gasteiger partial charge in [0.1, 0.15) is 0 Å². The van der Waals surface area contributed by atoms with Gasteiger partial charge in [-0.15, -0.1) is 15.3 Å². The van der Waals surface area contributed by atoms with Gasteiger partial charge in [-0.3, -0.25) is 19.7 Å². The van der Waals surface area contributed by atoms with Crippen molar-refractivity contribution in [3.8, 4) is 0 Å². The summed E-state index contributed by atoms with van der Waals surface area (Å²) in [6, 6.07) is 8.38. The summed E-state index contributed by atoms with van der Waals surface area (Å²) in [6.07, 6.45) is 1.40. The molecule has 2 aromatic carbocycles. The Morgan fingerprint density at radius 3 is 1.81 bits per heavy atom. The molecule has 47 heavy (non-hydrogen) atoms. The monoisotopic (exact) mass is 647 g/mol. The molecule has 2 aromatic rings. The molecule has 13 N–H and O–H groups in total. The van der Waals surface area contributed by atoms with E-state index in [0.717, 1.165) is 18.6 Å². The van der Waals surface area contributed by atoms with Gasteiger partial charge >= 0.3 is 0 Å². The summed E-state index contributed by atoms with van der Waals surface area (Å²) in [5.74, 6) is -2.04. The SMILES string of the molecule is C/C(=N\N=C(N)N)c1cc(NC(=O)c2cc(C(=O)N3CCCC(/C(C)=N/N=C(N)N)C3)cc([N+](=O)[O-])c2)cc(/C(C)=N/N=C(N)N)c1. The lowest BCUT2D eigenvalue weighted by Gasteiger charge is -2.32. The van der Waals surface area contributed by atoms with Crippen molar-refractivity contribution in [3.63, 3.8) is 0 Å². The molecule has 1 aliphatic rings. The number of hydrogen-bond acceptors (Lipinski definition) is 10. The first-order chi connectivity index (χ1) is 22.1. The average Bonchev–Trinajstić information content (AvgIpc) is 3.04.